The van der Waals surface area contributed by atoms with E-state index in [4.69, 9.17) is 0 Å². The van der Waals surface area contributed by atoms with Gasteiger partial charge in [-0.2, -0.15) is 0 Å². The molecule has 0 fully saturated rings. The number of aromatic amines is 1. The number of nitrogens with zero attached hydrogens (tertiary/aromatic N) is 1. The molecule has 2 aromatic heterocycles. The van der Waals surface area contributed by atoms with Crippen LogP contribution in [-0.4, -0.2) is 9.97 Å². The van der Waals surface area contributed by atoms with E-state index in [-0.39, 0.29) is 0 Å². The zero-order chi connectivity index (χ0) is 11.9. The zero-order valence-corrected chi connectivity index (χ0v) is 10.8. The molecule has 16 heavy (non-hydrogen) atoms. The van der Waals surface area contributed by atoms with Gasteiger partial charge in [-0.05, 0) is 43.4 Å². The van der Waals surface area contributed by atoms with Crippen LogP contribution in [0.3, 0.4) is 0 Å². The molecule has 2 aromatic rings. The van der Waals surface area contributed by atoms with Crippen molar-refractivity contribution in [2.45, 2.75) is 41.0 Å². The Bertz CT molecular complexity index is 515. The minimum Gasteiger partial charge on any atom is -0.344 e. The van der Waals surface area contributed by atoms with E-state index in [0.717, 1.165) is 17.8 Å². The van der Waals surface area contributed by atoms with Gasteiger partial charge in [0, 0.05) is 16.8 Å². The number of nitrogens with one attached hydrogen (secondary N) is 1. The summed E-state index contributed by atoms with van der Waals surface area (Å²) in [7, 11) is 0. The van der Waals surface area contributed by atoms with E-state index in [1.54, 1.807) is 0 Å². The highest BCUT2D eigenvalue weighted by atomic mass is 14.9. The lowest BCUT2D eigenvalue weighted by Gasteiger charge is -2.18. The van der Waals surface area contributed by atoms with Crippen molar-refractivity contribution >= 4 is 11.0 Å². The Morgan fingerprint density at radius 3 is 2.50 bits per heavy atom. The molecule has 0 saturated heterocycles. The van der Waals surface area contributed by atoms with Crippen molar-refractivity contribution in [1.82, 2.24) is 9.97 Å². The molecular formula is C14H20N2. The lowest BCUT2D eigenvalue weighted by molar-refractivity contribution is 0.412. The summed E-state index contributed by atoms with van der Waals surface area (Å²) in [6, 6.07) is 4.41. The molecule has 0 atom stereocenters. The number of hydrogen-bond acceptors (Lipinski definition) is 1. The minimum absolute atomic E-state index is 0.311. The SMILES string of the molecule is Cc1cc(CC(C)(C)C)c2cc(C)[nH]c2n1. The van der Waals surface area contributed by atoms with Crippen molar-refractivity contribution in [1.29, 1.82) is 0 Å². The van der Waals surface area contributed by atoms with Crippen LogP contribution in [0.5, 0.6) is 0 Å². The third kappa shape index (κ3) is 2.26. The number of aromatic nitrogens is 2. The summed E-state index contributed by atoms with van der Waals surface area (Å²) in [4.78, 5) is 7.85. The second-order valence-corrected chi connectivity index (χ2v) is 5.87. The van der Waals surface area contributed by atoms with Crippen molar-refractivity contribution in [3.05, 3.63) is 29.1 Å². The van der Waals surface area contributed by atoms with Crippen LogP contribution >= 0.6 is 0 Å². The van der Waals surface area contributed by atoms with E-state index in [1.165, 1.54) is 16.6 Å². The number of hydrogen-bond donors (Lipinski definition) is 1. The van der Waals surface area contributed by atoms with E-state index in [2.05, 4.69) is 56.7 Å². The fraction of sp³-hybridized carbons (Fsp3) is 0.500. The number of H-pyrrole nitrogens is 1. The van der Waals surface area contributed by atoms with E-state index >= 15 is 0 Å². The van der Waals surface area contributed by atoms with Gasteiger partial charge in [0.15, 0.2) is 0 Å². The fourth-order valence-corrected chi connectivity index (χ4v) is 2.16. The molecule has 0 saturated carbocycles. The van der Waals surface area contributed by atoms with Crippen LogP contribution in [0.4, 0.5) is 0 Å². The molecule has 0 aliphatic carbocycles. The highest BCUT2D eigenvalue weighted by Crippen LogP contribution is 2.26. The average Bonchev–Trinajstić information content (AvgIpc) is 2.42. The molecular weight excluding hydrogens is 196 g/mol. The van der Waals surface area contributed by atoms with Gasteiger partial charge in [0.05, 0.1) is 0 Å². The molecule has 0 aliphatic rings. The first-order valence-electron chi connectivity index (χ1n) is 5.81. The van der Waals surface area contributed by atoms with Crippen LogP contribution in [0, 0.1) is 19.3 Å². The lowest BCUT2D eigenvalue weighted by atomic mass is 9.87. The molecule has 2 rings (SSSR count). The molecule has 86 valence electrons. The van der Waals surface area contributed by atoms with Crippen molar-refractivity contribution in [2.75, 3.05) is 0 Å². The van der Waals surface area contributed by atoms with Gasteiger partial charge < -0.3 is 4.98 Å². The first-order valence-corrected chi connectivity index (χ1v) is 5.81. The highest BCUT2D eigenvalue weighted by Gasteiger charge is 2.15. The third-order valence-corrected chi connectivity index (χ3v) is 2.67. The smallest absolute Gasteiger partial charge is 0.138 e. The van der Waals surface area contributed by atoms with Gasteiger partial charge >= 0.3 is 0 Å². The third-order valence-electron chi connectivity index (χ3n) is 2.67. The van der Waals surface area contributed by atoms with E-state index in [1.807, 2.05) is 0 Å². The maximum absolute atomic E-state index is 4.53. The minimum atomic E-state index is 0.311. The normalized spacial score (nSPS) is 12.3. The number of rotatable bonds is 1. The topological polar surface area (TPSA) is 28.7 Å². The summed E-state index contributed by atoms with van der Waals surface area (Å²) in [5, 5.41) is 1.28. The Morgan fingerprint density at radius 2 is 1.88 bits per heavy atom. The van der Waals surface area contributed by atoms with Crippen molar-refractivity contribution in [2.24, 2.45) is 5.41 Å². The van der Waals surface area contributed by atoms with Crippen LogP contribution < -0.4 is 0 Å². The Kier molecular flexibility index (Phi) is 2.53. The maximum atomic E-state index is 4.53. The van der Waals surface area contributed by atoms with Gasteiger partial charge in [-0.3, -0.25) is 0 Å². The van der Waals surface area contributed by atoms with Gasteiger partial charge in [0.1, 0.15) is 5.65 Å². The summed E-state index contributed by atoms with van der Waals surface area (Å²) in [5.41, 5.74) is 5.01. The molecule has 2 heterocycles. The number of pyridine rings is 1. The Labute approximate surface area is 97.1 Å². The summed E-state index contributed by atoms with van der Waals surface area (Å²) in [6.07, 6.45) is 1.09. The summed E-state index contributed by atoms with van der Waals surface area (Å²) >= 11 is 0. The Morgan fingerprint density at radius 1 is 1.19 bits per heavy atom. The predicted molar refractivity (Wildman–Crippen MR) is 68.7 cm³/mol. The molecule has 1 N–H and O–H groups in total. The van der Waals surface area contributed by atoms with Gasteiger partial charge in [-0.25, -0.2) is 4.98 Å². The van der Waals surface area contributed by atoms with Crippen molar-refractivity contribution in [3.8, 4) is 0 Å². The average molecular weight is 216 g/mol. The largest absolute Gasteiger partial charge is 0.344 e. The van der Waals surface area contributed by atoms with Crippen LogP contribution in [0.1, 0.15) is 37.7 Å². The van der Waals surface area contributed by atoms with Gasteiger partial charge in [-0.1, -0.05) is 20.8 Å². The molecule has 2 heteroatoms. The quantitative estimate of drug-likeness (QED) is 0.772. The first-order chi connectivity index (χ1) is 7.35. The van der Waals surface area contributed by atoms with Gasteiger partial charge in [-0.15, -0.1) is 0 Å². The number of fused-ring (bicyclic) bond motifs is 1. The highest BCUT2D eigenvalue weighted by molar-refractivity contribution is 5.80. The summed E-state index contributed by atoms with van der Waals surface area (Å²) in [5.74, 6) is 0. The van der Waals surface area contributed by atoms with Crippen LogP contribution in [0.25, 0.3) is 11.0 Å². The first kappa shape index (κ1) is 11.2. The molecule has 0 aromatic carbocycles. The zero-order valence-electron chi connectivity index (χ0n) is 10.8. The summed E-state index contributed by atoms with van der Waals surface area (Å²) < 4.78 is 0. The number of aryl methyl sites for hydroxylation is 2. The summed E-state index contributed by atoms with van der Waals surface area (Å²) in [6.45, 7) is 11.0. The van der Waals surface area contributed by atoms with E-state index in [0.29, 0.717) is 5.41 Å². The molecule has 0 unspecified atom stereocenters. The standard InChI is InChI=1S/C14H20N2/c1-9-6-11(8-14(3,4)5)12-7-10(2)16-13(12)15-9/h6-7H,8H2,1-5H3,(H,15,16). The lowest BCUT2D eigenvalue weighted by Crippen LogP contribution is -2.09. The molecule has 0 spiro atoms. The predicted octanol–water partition coefficient (Wildman–Crippen LogP) is 3.77. The molecule has 0 aliphatic heterocycles. The fourth-order valence-electron chi connectivity index (χ4n) is 2.16. The van der Waals surface area contributed by atoms with Crippen LogP contribution in [-0.2, 0) is 6.42 Å². The Hall–Kier alpha value is -1.31. The molecule has 0 bridgehead atoms. The maximum Gasteiger partial charge on any atom is 0.138 e. The van der Waals surface area contributed by atoms with E-state index in [9.17, 15) is 0 Å². The van der Waals surface area contributed by atoms with Gasteiger partial charge in [0.25, 0.3) is 0 Å². The second-order valence-electron chi connectivity index (χ2n) is 5.87. The molecule has 0 amide bonds. The van der Waals surface area contributed by atoms with E-state index < -0.39 is 0 Å². The Balaban J connectivity index is 2.58. The van der Waals surface area contributed by atoms with Crippen LogP contribution in [0.2, 0.25) is 0 Å². The van der Waals surface area contributed by atoms with Gasteiger partial charge in [0.2, 0.25) is 0 Å². The van der Waals surface area contributed by atoms with Crippen LogP contribution in [0.15, 0.2) is 12.1 Å². The monoisotopic (exact) mass is 216 g/mol. The molecule has 0 radical (unpaired) electrons. The second kappa shape index (κ2) is 3.62. The van der Waals surface area contributed by atoms with Crippen molar-refractivity contribution in [3.63, 3.8) is 0 Å². The molecule has 2 nitrogen and oxygen atoms in total. The van der Waals surface area contributed by atoms with Crippen molar-refractivity contribution < 1.29 is 0 Å².